The zero-order valence-corrected chi connectivity index (χ0v) is 13.7. The molecular weight excluding hydrogens is 308 g/mol. The summed E-state index contributed by atoms with van der Waals surface area (Å²) in [5.41, 5.74) is 0.749. The van der Waals surface area contributed by atoms with Crippen LogP contribution >= 0.6 is 0 Å². The molecule has 0 unspecified atom stereocenters. The molecule has 2 aromatic rings. The highest BCUT2D eigenvalue weighted by Crippen LogP contribution is 2.31. The molecule has 24 heavy (non-hydrogen) atoms. The highest BCUT2D eigenvalue weighted by molar-refractivity contribution is 5.92. The van der Waals surface area contributed by atoms with Gasteiger partial charge < -0.3 is 20.1 Å². The molecule has 2 N–H and O–H groups in total. The van der Waals surface area contributed by atoms with Gasteiger partial charge in [-0.15, -0.1) is 10.2 Å². The molecule has 1 aliphatic carbocycles. The van der Waals surface area contributed by atoms with E-state index < -0.39 is 0 Å². The van der Waals surface area contributed by atoms with Gasteiger partial charge in [0, 0.05) is 12.0 Å². The van der Waals surface area contributed by atoms with Gasteiger partial charge in [-0.2, -0.15) is 0 Å². The van der Waals surface area contributed by atoms with E-state index >= 15 is 0 Å². The summed E-state index contributed by atoms with van der Waals surface area (Å²) >= 11 is 0. The fourth-order valence-corrected chi connectivity index (χ4v) is 2.40. The van der Waals surface area contributed by atoms with Crippen molar-refractivity contribution in [3.8, 4) is 11.5 Å². The van der Waals surface area contributed by atoms with E-state index in [1.165, 1.54) is 0 Å². The first-order chi connectivity index (χ1) is 11.7. The number of hydrogen-bond donors (Lipinski definition) is 2. The molecule has 1 aromatic heterocycles. The maximum atomic E-state index is 11.9. The van der Waals surface area contributed by atoms with Crippen LogP contribution in [0, 0.1) is 5.92 Å². The molecule has 0 radical (unpaired) electrons. The lowest BCUT2D eigenvalue weighted by Gasteiger charge is -2.23. The van der Waals surface area contributed by atoms with Gasteiger partial charge in [0.15, 0.2) is 11.6 Å². The Morgan fingerprint density at radius 1 is 1.08 bits per heavy atom. The minimum Gasteiger partial charge on any atom is -0.497 e. The van der Waals surface area contributed by atoms with E-state index in [1.807, 2.05) is 12.1 Å². The fourth-order valence-electron chi connectivity index (χ4n) is 2.40. The Balaban J connectivity index is 1.66. The molecule has 1 heterocycles. The van der Waals surface area contributed by atoms with Crippen molar-refractivity contribution in [1.29, 1.82) is 0 Å². The number of carbonyl (C=O) groups is 1. The average Bonchev–Trinajstić information content (AvgIpc) is 2.55. The molecule has 7 heteroatoms. The molecular formula is C17H20N4O3. The van der Waals surface area contributed by atoms with Crippen LogP contribution in [-0.4, -0.2) is 30.3 Å². The number of benzene rings is 1. The highest BCUT2D eigenvalue weighted by Gasteiger charge is 2.25. The Kier molecular flexibility index (Phi) is 4.79. The largest absolute Gasteiger partial charge is 0.497 e. The predicted molar refractivity (Wildman–Crippen MR) is 90.8 cm³/mol. The third kappa shape index (κ3) is 3.56. The van der Waals surface area contributed by atoms with Crippen LogP contribution in [0.1, 0.15) is 19.3 Å². The number of methoxy groups -OCH3 is 2. The van der Waals surface area contributed by atoms with Crippen molar-refractivity contribution in [3.63, 3.8) is 0 Å². The SMILES string of the molecule is COc1ccc(Nc2ccc(NC(=O)C3CCC3)nn2)c(OC)c1. The topological polar surface area (TPSA) is 85.4 Å². The van der Waals surface area contributed by atoms with E-state index in [1.54, 1.807) is 32.4 Å². The Morgan fingerprint density at radius 3 is 2.42 bits per heavy atom. The van der Waals surface area contributed by atoms with Crippen molar-refractivity contribution in [3.05, 3.63) is 30.3 Å². The number of amides is 1. The average molecular weight is 328 g/mol. The van der Waals surface area contributed by atoms with Crippen molar-refractivity contribution >= 4 is 23.2 Å². The van der Waals surface area contributed by atoms with E-state index in [0.29, 0.717) is 23.1 Å². The van der Waals surface area contributed by atoms with Crippen LogP contribution in [-0.2, 0) is 4.79 Å². The molecule has 1 fully saturated rings. The lowest BCUT2D eigenvalue weighted by molar-refractivity contribution is -0.122. The number of nitrogens with zero attached hydrogens (tertiary/aromatic N) is 2. The smallest absolute Gasteiger partial charge is 0.228 e. The third-order valence-corrected chi connectivity index (χ3v) is 4.06. The first-order valence-electron chi connectivity index (χ1n) is 7.83. The number of carbonyl (C=O) groups excluding carboxylic acids is 1. The van der Waals surface area contributed by atoms with Crippen molar-refractivity contribution in [1.82, 2.24) is 10.2 Å². The molecule has 0 bridgehead atoms. The fraction of sp³-hybridized carbons (Fsp3) is 0.353. The quantitative estimate of drug-likeness (QED) is 0.848. The number of hydrogen-bond acceptors (Lipinski definition) is 6. The van der Waals surface area contributed by atoms with Gasteiger partial charge in [-0.05, 0) is 37.1 Å². The number of anilines is 3. The molecule has 3 rings (SSSR count). The van der Waals surface area contributed by atoms with Crippen LogP contribution in [0.3, 0.4) is 0 Å². The summed E-state index contributed by atoms with van der Waals surface area (Å²) < 4.78 is 10.5. The van der Waals surface area contributed by atoms with E-state index in [4.69, 9.17) is 9.47 Å². The van der Waals surface area contributed by atoms with Gasteiger partial charge in [0.25, 0.3) is 0 Å². The van der Waals surface area contributed by atoms with Crippen LogP contribution in [0.4, 0.5) is 17.3 Å². The Labute approximate surface area is 140 Å². The lowest BCUT2D eigenvalue weighted by atomic mass is 9.85. The number of rotatable bonds is 6. The Hall–Kier alpha value is -2.83. The van der Waals surface area contributed by atoms with E-state index in [2.05, 4.69) is 20.8 Å². The second-order valence-corrected chi connectivity index (χ2v) is 5.61. The molecule has 0 spiro atoms. The molecule has 0 aliphatic heterocycles. The minimum atomic E-state index is 0.0214. The second-order valence-electron chi connectivity index (χ2n) is 5.61. The monoisotopic (exact) mass is 328 g/mol. The standard InChI is InChI=1S/C17H20N4O3/c1-23-12-6-7-13(14(10-12)24-2)18-15-8-9-16(21-20-15)19-17(22)11-4-3-5-11/h6-11H,3-5H2,1-2H3,(H,18,20)(H,19,21,22). The van der Waals surface area contributed by atoms with Crippen LogP contribution in [0.15, 0.2) is 30.3 Å². The molecule has 1 saturated carbocycles. The summed E-state index contributed by atoms with van der Waals surface area (Å²) in [5.74, 6) is 2.50. The van der Waals surface area contributed by atoms with Gasteiger partial charge in [0.1, 0.15) is 11.5 Å². The van der Waals surface area contributed by atoms with Gasteiger partial charge in [0.05, 0.1) is 19.9 Å². The summed E-state index contributed by atoms with van der Waals surface area (Å²) in [4.78, 5) is 11.9. The lowest BCUT2D eigenvalue weighted by Crippen LogP contribution is -2.28. The van der Waals surface area contributed by atoms with E-state index in [0.717, 1.165) is 24.9 Å². The first-order valence-corrected chi connectivity index (χ1v) is 7.83. The van der Waals surface area contributed by atoms with Crippen molar-refractivity contribution in [2.24, 2.45) is 5.92 Å². The van der Waals surface area contributed by atoms with E-state index in [-0.39, 0.29) is 11.8 Å². The van der Waals surface area contributed by atoms with Crippen LogP contribution in [0.5, 0.6) is 11.5 Å². The van der Waals surface area contributed by atoms with Gasteiger partial charge in [-0.3, -0.25) is 4.79 Å². The minimum absolute atomic E-state index is 0.0214. The van der Waals surface area contributed by atoms with Gasteiger partial charge >= 0.3 is 0 Å². The first kappa shape index (κ1) is 16.0. The molecule has 1 aliphatic rings. The van der Waals surface area contributed by atoms with Crippen LogP contribution in [0.25, 0.3) is 0 Å². The predicted octanol–water partition coefficient (Wildman–Crippen LogP) is 2.98. The highest BCUT2D eigenvalue weighted by atomic mass is 16.5. The molecule has 0 atom stereocenters. The summed E-state index contributed by atoms with van der Waals surface area (Å²) in [6, 6.07) is 8.93. The van der Waals surface area contributed by atoms with Gasteiger partial charge in [0.2, 0.25) is 5.91 Å². The summed E-state index contributed by atoms with van der Waals surface area (Å²) in [6.45, 7) is 0. The second kappa shape index (κ2) is 7.16. The van der Waals surface area contributed by atoms with E-state index in [9.17, 15) is 4.79 Å². The molecule has 126 valence electrons. The summed E-state index contributed by atoms with van der Waals surface area (Å²) in [7, 11) is 3.19. The third-order valence-electron chi connectivity index (χ3n) is 4.06. The normalized spacial score (nSPS) is 13.8. The molecule has 1 amide bonds. The van der Waals surface area contributed by atoms with Crippen molar-refractivity contribution in [2.45, 2.75) is 19.3 Å². The Bertz CT molecular complexity index is 714. The van der Waals surface area contributed by atoms with Crippen molar-refractivity contribution in [2.75, 3.05) is 24.9 Å². The summed E-state index contributed by atoms with van der Waals surface area (Å²) in [6.07, 6.45) is 3.03. The maximum absolute atomic E-state index is 11.9. The number of ether oxygens (including phenoxy) is 2. The molecule has 1 aromatic carbocycles. The maximum Gasteiger partial charge on any atom is 0.228 e. The zero-order valence-electron chi connectivity index (χ0n) is 13.7. The van der Waals surface area contributed by atoms with Crippen molar-refractivity contribution < 1.29 is 14.3 Å². The zero-order chi connectivity index (χ0) is 16.9. The van der Waals surface area contributed by atoms with Crippen LogP contribution in [0.2, 0.25) is 0 Å². The van der Waals surface area contributed by atoms with Crippen LogP contribution < -0.4 is 20.1 Å². The van der Waals surface area contributed by atoms with Gasteiger partial charge in [-0.1, -0.05) is 6.42 Å². The Morgan fingerprint density at radius 2 is 1.83 bits per heavy atom. The molecule has 7 nitrogen and oxygen atoms in total. The summed E-state index contributed by atoms with van der Waals surface area (Å²) in [5, 5.41) is 14.0. The molecule has 0 saturated heterocycles. The number of aromatic nitrogens is 2. The number of nitrogens with one attached hydrogen (secondary N) is 2. The van der Waals surface area contributed by atoms with Gasteiger partial charge in [-0.25, -0.2) is 0 Å².